The fraction of sp³-hybridized carbons (Fsp3) is 0.0455. The van der Waals surface area contributed by atoms with Gasteiger partial charge in [0, 0.05) is 12.0 Å². The van der Waals surface area contributed by atoms with Gasteiger partial charge in [-0.25, -0.2) is 0 Å². The van der Waals surface area contributed by atoms with Gasteiger partial charge in [0.05, 0.1) is 0 Å². The molecule has 0 amide bonds. The van der Waals surface area contributed by atoms with Gasteiger partial charge in [0.15, 0.2) is 5.78 Å². The van der Waals surface area contributed by atoms with Crippen molar-refractivity contribution in [1.82, 2.24) is 0 Å². The first kappa shape index (κ1) is 13.7. The van der Waals surface area contributed by atoms with Crippen LogP contribution in [-0.2, 0) is 6.42 Å². The van der Waals surface area contributed by atoms with Crippen LogP contribution in [0.15, 0.2) is 84.9 Å². The number of rotatable bonds is 3. The molecule has 0 heterocycles. The molecular weight excluding hydrogens is 280 g/mol. The summed E-state index contributed by atoms with van der Waals surface area (Å²) in [4.78, 5) is 13.0. The molecule has 110 valence electrons. The summed E-state index contributed by atoms with van der Waals surface area (Å²) in [6.07, 6.45) is 0.429. The van der Waals surface area contributed by atoms with Crippen molar-refractivity contribution in [3.05, 3.63) is 96.1 Å². The van der Waals surface area contributed by atoms with E-state index in [0.717, 1.165) is 32.7 Å². The van der Waals surface area contributed by atoms with Crippen LogP contribution in [0.4, 0.5) is 0 Å². The predicted octanol–water partition coefficient (Wildman–Crippen LogP) is 5.42. The first-order valence-corrected chi connectivity index (χ1v) is 7.80. The van der Waals surface area contributed by atoms with Crippen LogP contribution in [0.25, 0.3) is 21.5 Å². The van der Waals surface area contributed by atoms with E-state index in [2.05, 4.69) is 18.2 Å². The third-order valence-electron chi connectivity index (χ3n) is 4.26. The van der Waals surface area contributed by atoms with Gasteiger partial charge < -0.3 is 0 Å². The highest BCUT2D eigenvalue weighted by atomic mass is 16.1. The molecule has 1 heteroatoms. The molecule has 0 spiro atoms. The summed E-state index contributed by atoms with van der Waals surface area (Å²) in [5.74, 6) is 0.171. The van der Waals surface area contributed by atoms with E-state index in [4.69, 9.17) is 0 Å². The normalized spacial score (nSPS) is 11.0. The molecule has 0 saturated carbocycles. The molecule has 0 aromatic heterocycles. The maximum Gasteiger partial charge on any atom is 0.168 e. The van der Waals surface area contributed by atoms with Crippen LogP contribution in [0.1, 0.15) is 15.9 Å². The van der Waals surface area contributed by atoms with Crippen molar-refractivity contribution < 1.29 is 4.79 Å². The number of ketones is 1. The smallest absolute Gasteiger partial charge is 0.168 e. The average molecular weight is 296 g/mol. The van der Waals surface area contributed by atoms with Crippen molar-refractivity contribution in [2.24, 2.45) is 0 Å². The molecule has 23 heavy (non-hydrogen) atoms. The Balaban J connectivity index is 1.94. The maximum atomic E-state index is 13.0. The summed E-state index contributed by atoms with van der Waals surface area (Å²) in [6, 6.07) is 28.3. The number of carbonyl (C=O) groups excluding carboxylic acids is 1. The predicted molar refractivity (Wildman–Crippen MR) is 95.9 cm³/mol. The summed E-state index contributed by atoms with van der Waals surface area (Å²) in [6.45, 7) is 0. The van der Waals surface area contributed by atoms with E-state index >= 15 is 0 Å². The number of hydrogen-bond acceptors (Lipinski definition) is 1. The molecule has 0 aliphatic heterocycles. The Morgan fingerprint density at radius 3 is 1.78 bits per heavy atom. The van der Waals surface area contributed by atoms with Crippen molar-refractivity contribution in [3.8, 4) is 0 Å². The minimum absolute atomic E-state index is 0.171. The van der Waals surface area contributed by atoms with E-state index in [1.807, 2.05) is 66.7 Å². The monoisotopic (exact) mass is 296 g/mol. The van der Waals surface area contributed by atoms with Gasteiger partial charge in [-0.2, -0.15) is 0 Å². The molecule has 0 saturated heterocycles. The molecule has 0 bridgehead atoms. The van der Waals surface area contributed by atoms with E-state index in [1.165, 1.54) is 0 Å². The van der Waals surface area contributed by atoms with Crippen LogP contribution in [0.3, 0.4) is 0 Å². The number of hydrogen-bond donors (Lipinski definition) is 0. The van der Waals surface area contributed by atoms with Gasteiger partial charge in [-0.05, 0) is 33.2 Å². The summed E-state index contributed by atoms with van der Waals surface area (Å²) < 4.78 is 0. The molecule has 4 aromatic carbocycles. The highest BCUT2D eigenvalue weighted by Gasteiger charge is 2.15. The first-order valence-electron chi connectivity index (χ1n) is 7.80. The third kappa shape index (κ3) is 2.51. The molecule has 0 N–H and O–H groups in total. The minimum Gasteiger partial charge on any atom is -0.294 e. The van der Waals surface area contributed by atoms with E-state index < -0.39 is 0 Å². The lowest BCUT2D eigenvalue weighted by Gasteiger charge is -2.11. The molecule has 4 rings (SSSR count). The second kappa shape index (κ2) is 5.69. The van der Waals surface area contributed by atoms with E-state index in [1.54, 1.807) is 0 Å². The zero-order valence-electron chi connectivity index (χ0n) is 12.7. The standard InChI is InChI=1S/C22H16O/c23-21(14-16-8-2-1-3-9-16)22-19-12-6-4-10-17(19)15-18-11-5-7-13-20(18)22/h1-13,15H,14H2. The van der Waals surface area contributed by atoms with Crippen LogP contribution in [0.5, 0.6) is 0 Å². The fourth-order valence-corrected chi connectivity index (χ4v) is 3.18. The van der Waals surface area contributed by atoms with Crippen LogP contribution in [-0.4, -0.2) is 5.78 Å². The zero-order chi connectivity index (χ0) is 15.6. The molecule has 1 nitrogen and oxygen atoms in total. The van der Waals surface area contributed by atoms with Gasteiger partial charge in [0.2, 0.25) is 0 Å². The topological polar surface area (TPSA) is 17.1 Å². The van der Waals surface area contributed by atoms with Gasteiger partial charge in [-0.1, -0.05) is 78.9 Å². The second-order valence-electron chi connectivity index (χ2n) is 5.78. The van der Waals surface area contributed by atoms with E-state index in [0.29, 0.717) is 6.42 Å². The van der Waals surface area contributed by atoms with Gasteiger partial charge in [-0.15, -0.1) is 0 Å². The summed E-state index contributed by atoms with van der Waals surface area (Å²) >= 11 is 0. The third-order valence-corrected chi connectivity index (χ3v) is 4.26. The van der Waals surface area contributed by atoms with Crippen molar-refractivity contribution >= 4 is 27.3 Å². The van der Waals surface area contributed by atoms with Gasteiger partial charge >= 0.3 is 0 Å². The lowest BCUT2D eigenvalue weighted by atomic mass is 9.92. The summed E-state index contributed by atoms with van der Waals surface area (Å²) in [7, 11) is 0. The Morgan fingerprint density at radius 1 is 0.652 bits per heavy atom. The van der Waals surface area contributed by atoms with Gasteiger partial charge in [0.25, 0.3) is 0 Å². The Bertz CT molecular complexity index is 946. The number of Topliss-reactive ketones (excluding diaryl/α,β-unsaturated/α-hetero) is 1. The van der Waals surface area contributed by atoms with Crippen molar-refractivity contribution in [2.75, 3.05) is 0 Å². The summed E-state index contributed by atoms with van der Waals surface area (Å²) in [5, 5.41) is 4.30. The highest BCUT2D eigenvalue weighted by molar-refractivity contribution is 6.19. The van der Waals surface area contributed by atoms with Gasteiger partial charge in [-0.3, -0.25) is 4.79 Å². The SMILES string of the molecule is O=C(Cc1ccccc1)c1c2ccccc2cc2ccccc12. The number of benzene rings is 4. The molecule has 4 aromatic rings. The zero-order valence-corrected chi connectivity index (χ0v) is 12.7. The molecule has 0 aliphatic carbocycles. The Morgan fingerprint density at radius 2 is 1.17 bits per heavy atom. The highest BCUT2D eigenvalue weighted by Crippen LogP contribution is 2.29. The van der Waals surface area contributed by atoms with E-state index in [-0.39, 0.29) is 5.78 Å². The molecule has 0 fully saturated rings. The summed E-state index contributed by atoms with van der Waals surface area (Å²) in [5.41, 5.74) is 1.89. The second-order valence-corrected chi connectivity index (χ2v) is 5.78. The quantitative estimate of drug-likeness (QED) is 0.364. The van der Waals surface area contributed by atoms with Crippen molar-refractivity contribution in [1.29, 1.82) is 0 Å². The molecule has 0 aliphatic rings. The van der Waals surface area contributed by atoms with Crippen molar-refractivity contribution in [2.45, 2.75) is 6.42 Å². The molecular formula is C22H16O. The Kier molecular flexibility index (Phi) is 3.39. The average Bonchev–Trinajstić information content (AvgIpc) is 2.60. The van der Waals surface area contributed by atoms with Crippen molar-refractivity contribution in [3.63, 3.8) is 0 Å². The molecule has 0 radical (unpaired) electrons. The largest absolute Gasteiger partial charge is 0.294 e. The Labute approximate surface area is 135 Å². The van der Waals surface area contributed by atoms with Gasteiger partial charge in [0.1, 0.15) is 0 Å². The van der Waals surface area contributed by atoms with Crippen LogP contribution >= 0.6 is 0 Å². The van der Waals surface area contributed by atoms with E-state index in [9.17, 15) is 4.79 Å². The first-order chi connectivity index (χ1) is 11.3. The van der Waals surface area contributed by atoms with Crippen LogP contribution < -0.4 is 0 Å². The fourth-order valence-electron chi connectivity index (χ4n) is 3.18. The maximum absolute atomic E-state index is 13.0. The number of carbonyl (C=O) groups is 1. The molecule has 0 atom stereocenters. The lowest BCUT2D eigenvalue weighted by molar-refractivity contribution is 0.0996. The molecule has 0 unspecified atom stereocenters. The number of fused-ring (bicyclic) bond motifs is 2. The van der Waals surface area contributed by atoms with Crippen LogP contribution in [0.2, 0.25) is 0 Å². The van der Waals surface area contributed by atoms with Crippen LogP contribution in [0, 0.1) is 0 Å². The minimum atomic E-state index is 0.171. The lowest BCUT2D eigenvalue weighted by Crippen LogP contribution is -2.05. The Hall–Kier alpha value is -2.93.